The second-order valence-corrected chi connectivity index (χ2v) is 4.32. The average Bonchev–Trinajstić information content (AvgIpc) is 2.29. The van der Waals surface area contributed by atoms with Gasteiger partial charge in [0.05, 0.1) is 5.69 Å². The van der Waals surface area contributed by atoms with Crippen molar-refractivity contribution in [3.63, 3.8) is 0 Å². The summed E-state index contributed by atoms with van der Waals surface area (Å²) in [4.78, 5) is 8.51. The minimum absolute atomic E-state index is 0.527. The molecule has 2 rings (SSSR count). The maximum absolute atomic E-state index is 4.50. The Labute approximate surface area is 96.4 Å². The summed E-state index contributed by atoms with van der Waals surface area (Å²) in [6.45, 7) is 6.52. The molecule has 16 heavy (non-hydrogen) atoms. The van der Waals surface area contributed by atoms with E-state index in [1.807, 2.05) is 18.3 Å². The summed E-state index contributed by atoms with van der Waals surface area (Å²) >= 11 is 0. The molecule has 0 unspecified atom stereocenters. The molecular weight excluding hydrogens is 196 g/mol. The van der Waals surface area contributed by atoms with Gasteiger partial charge in [-0.05, 0) is 42.2 Å². The van der Waals surface area contributed by atoms with Crippen molar-refractivity contribution in [2.75, 3.05) is 0 Å². The number of pyridine rings is 2. The summed E-state index contributed by atoms with van der Waals surface area (Å²) in [5.74, 6) is 0.527. The Bertz CT molecular complexity index is 475. The van der Waals surface area contributed by atoms with Gasteiger partial charge in [0.2, 0.25) is 0 Å². The largest absolute Gasteiger partial charge is 0.265 e. The summed E-state index contributed by atoms with van der Waals surface area (Å²) in [7, 11) is 0. The zero-order valence-corrected chi connectivity index (χ0v) is 9.94. The lowest BCUT2D eigenvalue weighted by Gasteiger charge is -2.10. The predicted octanol–water partition coefficient (Wildman–Crippen LogP) is 3.58. The van der Waals surface area contributed by atoms with E-state index in [0.29, 0.717) is 5.92 Å². The van der Waals surface area contributed by atoms with Gasteiger partial charge in [0.1, 0.15) is 0 Å². The Morgan fingerprint density at radius 3 is 2.38 bits per heavy atom. The highest BCUT2D eigenvalue weighted by atomic mass is 14.7. The number of aromatic nitrogens is 2. The molecule has 0 spiro atoms. The number of hydrogen-bond donors (Lipinski definition) is 0. The van der Waals surface area contributed by atoms with Crippen molar-refractivity contribution in [1.29, 1.82) is 0 Å². The first kappa shape index (κ1) is 10.8. The average molecular weight is 212 g/mol. The molecule has 0 atom stereocenters. The number of nitrogens with zero attached hydrogens (tertiary/aromatic N) is 2. The highest BCUT2D eigenvalue weighted by molar-refractivity contribution is 5.59. The van der Waals surface area contributed by atoms with E-state index in [-0.39, 0.29) is 0 Å². The van der Waals surface area contributed by atoms with Crippen LogP contribution in [0.1, 0.15) is 30.9 Å². The molecule has 0 amide bonds. The first-order chi connectivity index (χ1) is 7.68. The molecule has 2 heterocycles. The molecule has 0 aliphatic rings. The third-order valence-corrected chi connectivity index (χ3v) is 2.75. The van der Waals surface area contributed by atoms with Crippen LogP contribution in [0.2, 0.25) is 0 Å². The van der Waals surface area contributed by atoms with Gasteiger partial charge in [0, 0.05) is 24.2 Å². The van der Waals surface area contributed by atoms with E-state index in [2.05, 4.69) is 36.8 Å². The minimum atomic E-state index is 0.527. The van der Waals surface area contributed by atoms with Crippen LogP contribution in [-0.4, -0.2) is 9.97 Å². The van der Waals surface area contributed by atoms with Crippen molar-refractivity contribution in [3.8, 4) is 11.3 Å². The van der Waals surface area contributed by atoms with Crippen LogP contribution in [0.25, 0.3) is 11.3 Å². The van der Waals surface area contributed by atoms with Crippen molar-refractivity contribution >= 4 is 0 Å². The molecule has 0 aromatic carbocycles. The fraction of sp³-hybridized carbons (Fsp3) is 0.286. The predicted molar refractivity (Wildman–Crippen MR) is 66.3 cm³/mol. The maximum Gasteiger partial charge on any atom is 0.0705 e. The van der Waals surface area contributed by atoms with Crippen molar-refractivity contribution in [2.24, 2.45) is 0 Å². The Kier molecular flexibility index (Phi) is 3.00. The second-order valence-electron chi connectivity index (χ2n) is 4.32. The summed E-state index contributed by atoms with van der Waals surface area (Å²) in [6, 6.07) is 6.11. The Hall–Kier alpha value is -1.70. The number of hydrogen-bond acceptors (Lipinski definition) is 2. The fourth-order valence-electron chi connectivity index (χ4n) is 1.85. The Morgan fingerprint density at radius 1 is 1.12 bits per heavy atom. The highest BCUT2D eigenvalue weighted by Gasteiger charge is 2.06. The Balaban J connectivity index is 2.43. The van der Waals surface area contributed by atoms with Crippen LogP contribution in [0, 0.1) is 6.92 Å². The van der Waals surface area contributed by atoms with Crippen LogP contribution in [0.4, 0.5) is 0 Å². The van der Waals surface area contributed by atoms with E-state index in [1.165, 1.54) is 11.1 Å². The zero-order valence-electron chi connectivity index (χ0n) is 9.94. The van der Waals surface area contributed by atoms with Gasteiger partial charge in [-0.25, -0.2) is 0 Å². The Morgan fingerprint density at radius 2 is 1.81 bits per heavy atom. The summed E-state index contributed by atoms with van der Waals surface area (Å²) in [5, 5.41) is 0. The molecule has 2 heteroatoms. The highest BCUT2D eigenvalue weighted by Crippen LogP contribution is 2.23. The third-order valence-electron chi connectivity index (χ3n) is 2.75. The van der Waals surface area contributed by atoms with Crippen LogP contribution >= 0.6 is 0 Å². The second kappa shape index (κ2) is 4.44. The summed E-state index contributed by atoms with van der Waals surface area (Å²) < 4.78 is 0. The zero-order chi connectivity index (χ0) is 11.5. The van der Waals surface area contributed by atoms with Crippen LogP contribution in [0.15, 0.2) is 36.8 Å². The lowest BCUT2D eigenvalue weighted by molar-refractivity contribution is 0.848. The number of aryl methyl sites for hydroxylation is 1. The summed E-state index contributed by atoms with van der Waals surface area (Å²) in [6.07, 6.45) is 5.57. The lowest BCUT2D eigenvalue weighted by Crippen LogP contribution is -1.95. The molecule has 0 saturated heterocycles. The molecule has 0 N–H and O–H groups in total. The van der Waals surface area contributed by atoms with Gasteiger partial charge >= 0.3 is 0 Å². The van der Waals surface area contributed by atoms with Crippen molar-refractivity contribution in [2.45, 2.75) is 26.7 Å². The number of rotatable bonds is 2. The smallest absolute Gasteiger partial charge is 0.0705 e. The van der Waals surface area contributed by atoms with E-state index in [1.54, 1.807) is 12.4 Å². The van der Waals surface area contributed by atoms with Gasteiger partial charge < -0.3 is 0 Å². The van der Waals surface area contributed by atoms with Crippen LogP contribution in [0.5, 0.6) is 0 Å². The normalized spacial score (nSPS) is 10.8. The lowest BCUT2D eigenvalue weighted by atomic mass is 9.99. The van der Waals surface area contributed by atoms with Crippen molar-refractivity contribution in [1.82, 2.24) is 9.97 Å². The van der Waals surface area contributed by atoms with Gasteiger partial charge in [-0.2, -0.15) is 0 Å². The molecule has 2 aromatic rings. The molecular formula is C14H16N2. The van der Waals surface area contributed by atoms with Gasteiger partial charge in [-0.3, -0.25) is 9.97 Å². The monoisotopic (exact) mass is 212 g/mol. The van der Waals surface area contributed by atoms with Crippen LogP contribution in [0.3, 0.4) is 0 Å². The van der Waals surface area contributed by atoms with E-state index in [4.69, 9.17) is 0 Å². The van der Waals surface area contributed by atoms with E-state index in [0.717, 1.165) is 11.3 Å². The van der Waals surface area contributed by atoms with Crippen molar-refractivity contribution in [3.05, 3.63) is 47.9 Å². The SMILES string of the molecule is Cc1cc(-c2ccncc2)ncc1C(C)C. The molecule has 0 aliphatic carbocycles. The van der Waals surface area contributed by atoms with Crippen LogP contribution < -0.4 is 0 Å². The van der Waals surface area contributed by atoms with Crippen molar-refractivity contribution < 1.29 is 0 Å². The van der Waals surface area contributed by atoms with Gasteiger partial charge in [-0.15, -0.1) is 0 Å². The van der Waals surface area contributed by atoms with Gasteiger partial charge in [0.15, 0.2) is 0 Å². The first-order valence-electron chi connectivity index (χ1n) is 5.55. The molecule has 0 fully saturated rings. The molecule has 2 nitrogen and oxygen atoms in total. The first-order valence-corrected chi connectivity index (χ1v) is 5.55. The fourth-order valence-corrected chi connectivity index (χ4v) is 1.85. The standard InChI is InChI=1S/C14H16N2/c1-10(2)13-9-16-14(8-11(13)3)12-4-6-15-7-5-12/h4-10H,1-3H3. The molecule has 0 saturated carbocycles. The van der Waals surface area contributed by atoms with Gasteiger partial charge in [0.25, 0.3) is 0 Å². The molecule has 0 aliphatic heterocycles. The van der Waals surface area contributed by atoms with E-state index >= 15 is 0 Å². The van der Waals surface area contributed by atoms with E-state index < -0.39 is 0 Å². The topological polar surface area (TPSA) is 25.8 Å². The quantitative estimate of drug-likeness (QED) is 0.760. The van der Waals surface area contributed by atoms with Gasteiger partial charge in [-0.1, -0.05) is 13.8 Å². The third kappa shape index (κ3) is 2.11. The van der Waals surface area contributed by atoms with Crippen LogP contribution in [-0.2, 0) is 0 Å². The molecule has 0 radical (unpaired) electrons. The van der Waals surface area contributed by atoms with E-state index in [9.17, 15) is 0 Å². The maximum atomic E-state index is 4.50. The summed E-state index contributed by atoms with van der Waals surface area (Å²) in [5.41, 5.74) is 4.76. The molecule has 82 valence electrons. The molecule has 2 aromatic heterocycles. The molecule has 0 bridgehead atoms. The minimum Gasteiger partial charge on any atom is -0.265 e.